The number of nitrogens with zero attached hydrogens (tertiary/aromatic N) is 2. The highest BCUT2D eigenvalue weighted by molar-refractivity contribution is 5.83. The lowest BCUT2D eigenvalue weighted by atomic mass is 9.98. The van der Waals surface area contributed by atoms with Crippen molar-refractivity contribution in [2.24, 2.45) is 5.92 Å². The summed E-state index contributed by atoms with van der Waals surface area (Å²) in [7, 11) is 0. The molecule has 4 nitrogen and oxygen atoms in total. The van der Waals surface area contributed by atoms with E-state index in [9.17, 15) is 4.79 Å². The average Bonchev–Trinajstić information content (AvgIpc) is 2.69. The van der Waals surface area contributed by atoms with Gasteiger partial charge < -0.3 is 9.64 Å². The second-order valence-electron chi connectivity index (χ2n) is 8.16. The van der Waals surface area contributed by atoms with Crippen LogP contribution in [0.1, 0.15) is 57.6 Å². The van der Waals surface area contributed by atoms with Crippen LogP contribution in [0.2, 0.25) is 0 Å². The Morgan fingerprint density at radius 1 is 1.04 bits per heavy atom. The van der Waals surface area contributed by atoms with Gasteiger partial charge in [0.15, 0.2) is 0 Å². The molecular formula is C22H34N2O2. The topological polar surface area (TPSA) is 32.8 Å². The van der Waals surface area contributed by atoms with Crippen molar-refractivity contribution in [3.05, 3.63) is 35.9 Å². The fraction of sp³-hybridized carbons (Fsp3) is 0.682. The van der Waals surface area contributed by atoms with Crippen LogP contribution in [-0.4, -0.2) is 54.6 Å². The minimum atomic E-state index is -0.139. The van der Waals surface area contributed by atoms with Gasteiger partial charge in [0.25, 0.3) is 0 Å². The molecule has 1 atom stereocenters. The van der Waals surface area contributed by atoms with Crippen molar-refractivity contribution in [2.45, 2.75) is 58.1 Å². The van der Waals surface area contributed by atoms with Crippen molar-refractivity contribution in [1.29, 1.82) is 0 Å². The van der Waals surface area contributed by atoms with Crippen molar-refractivity contribution in [2.75, 3.05) is 32.8 Å². The third kappa shape index (κ3) is 5.08. The maximum absolute atomic E-state index is 13.3. The van der Waals surface area contributed by atoms with E-state index in [-0.39, 0.29) is 11.9 Å². The summed E-state index contributed by atoms with van der Waals surface area (Å²) in [5, 5.41) is 0. The summed E-state index contributed by atoms with van der Waals surface area (Å²) in [6.07, 6.45) is 5.90. The molecule has 2 aliphatic rings. The molecule has 4 heteroatoms. The minimum Gasteiger partial charge on any atom is -0.378 e. The monoisotopic (exact) mass is 358 g/mol. The number of benzene rings is 1. The van der Waals surface area contributed by atoms with E-state index < -0.39 is 0 Å². The lowest BCUT2D eigenvalue weighted by molar-refractivity contribution is -0.139. The molecule has 1 unspecified atom stereocenters. The number of amides is 1. The SMILES string of the molecule is CC(C)COC1CCN(C(C(=O)N2CCCCC2)c2ccccc2)CC1. The standard InChI is InChI=1S/C22H34N2O2/c1-18(2)17-26-20-11-15-23(16-12-20)21(19-9-5-3-6-10-19)22(25)24-13-7-4-8-14-24/h3,5-6,9-10,18,20-21H,4,7-8,11-17H2,1-2H3. The van der Waals surface area contributed by atoms with Crippen LogP contribution in [0.3, 0.4) is 0 Å². The van der Waals surface area contributed by atoms with Crippen LogP contribution in [0, 0.1) is 5.92 Å². The van der Waals surface area contributed by atoms with Gasteiger partial charge in [-0.05, 0) is 43.6 Å². The van der Waals surface area contributed by atoms with Crippen molar-refractivity contribution in [1.82, 2.24) is 9.80 Å². The van der Waals surface area contributed by atoms with Gasteiger partial charge in [0, 0.05) is 32.8 Å². The largest absolute Gasteiger partial charge is 0.378 e. The lowest BCUT2D eigenvalue weighted by Crippen LogP contribution is -2.48. The molecule has 0 saturated carbocycles. The predicted molar refractivity (Wildman–Crippen MR) is 105 cm³/mol. The third-order valence-electron chi connectivity index (χ3n) is 5.52. The van der Waals surface area contributed by atoms with Crippen LogP contribution in [0.4, 0.5) is 0 Å². The van der Waals surface area contributed by atoms with E-state index in [4.69, 9.17) is 4.74 Å². The lowest BCUT2D eigenvalue weighted by Gasteiger charge is -2.40. The summed E-state index contributed by atoms with van der Waals surface area (Å²) in [4.78, 5) is 17.8. The quantitative estimate of drug-likeness (QED) is 0.774. The van der Waals surface area contributed by atoms with Gasteiger partial charge in [-0.3, -0.25) is 9.69 Å². The Kier molecular flexibility index (Phi) is 7.09. The highest BCUT2D eigenvalue weighted by atomic mass is 16.5. The number of rotatable bonds is 6. The summed E-state index contributed by atoms with van der Waals surface area (Å²) in [6.45, 7) is 8.91. The van der Waals surface area contributed by atoms with Crippen LogP contribution in [0.5, 0.6) is 0 Å². The number of hydrogen-bond donors (Lipinski definition) is 0. The zero-order valence-electron chi connectivity index (χ0n) is 16.4. The molecule has 3 rings (SSSR count). The Hall–Kier alpha value is -1.39. The van der Waals surface area contributed by atoms with E-state index in [0.29, 0.717) is 12.0 Å². The zero-order valence-corrected chi connectivity index (χ0v) is 16.4. The molecule has 2 saturated heterocycles. The van der Waals surface area contributed by atoms with Gasteiger partial charge in [-0.15, -0.1) is 0 Å². The Labute approximate surface area is 158 Å². The second-order valence-corrected chi connectivity index (χ2v) is 8.16. The maximum atomic E-state index is 13.3. The highest BCUT2D eigenvalue weighted by Gasteiger charge is 2.34. The Morgan fingerprint density at radius 3 is 2.31 bits per heavy atom. The average molecular weight is 359 g/mol. The molecular weight excluding hydrogens is 324 g/mol. The molecule has 1 aromatic carbocycles. The van der Waals surface area contributed by atoms with E-state index in [2.05, 4.69) is 35.8 Å². The van der Waals surface area contributed by atoms with E-state index in [1.165, 1.54) is 6.42 Å². The van der Waals surface area contributed by atoms with Crippen LogP contribution >= 0.6 is 0 Å². The summed E-state index contributed by atoms with van der Waals surface area (Å²) in [6, 6.07) is 10.2. The molecule has 26 heavy (non-hydrogen) atoms. The molecule has 0 aliphatic carbocycles. The van der Waals surface area contributed by atoms with Gasteiger partial charge in [-0.25, -0.2) is 0 Å². The van der Waals surface area contributed by atoms with Crippen LogP contribution in [-0.2, 0) is 9.53 Å². The minimum absolute atomic E-state index is 0.139. The van der Waals surface area contributed by atoms with Gasteiger partial charge in [0.2, 0.25) is 5.91 Å². The van der Waals surface area contributed by atoms with E-state index in [1.54, 1.807) is 0 Å². The van der Waals surface area contributed by atoms with Gasteiger partial charge in [0.1, 0.15) is 6.04 Å². The molecule has 144 valence electrons. The Balaban J connectivity index is 1.67. The van der Waals surface area contributed by atoms with Crippen LogP contribution in [0.15, 0.2) is 30.3 Å². The van der Waals surface area contributed by atoms with Gasteiger partial charge in [0.05, 0.1) is 6.10 Å². The zero-order chi connectivity index (χ0) is 18.4. The van der Waals surface area contributed by atoms with E-state index in [1.807, 2.05) is 18.2 Å². The molecule has 0 radical (unpaired) electrons. The summed E-state index contributed by atoms with van der Waals surface area (Å²) >= 11 is 0. The van der Waals surface area contributed by atoms with E-state index in [0.717, 1.165) is 64.0 Å². The first-order chi connectivity index (χ1) is 12.6. The molecule has 0 bridgehead atoms. The van der Waals surface area contributed by atoms with Crippen molar-refractivity contribution in [3.8, 4) is 0 Å². The van der Waals surface area contributed by atoms with Crippen molar-refractivity contribution >= 4 is 5.91 Å². The van der Waals surface area contributed by atoms with Crippen molar-refractivity contribution in [3.63, 3.8) is 0 Å². The number of carbonyl (C=O) groups is 1. The number of carbonyl (C=O) groups excluding carboxylic acids is 1. The van der Waals surface area contributed by atoms with Gasteiger partial charge >= 0.3 is 0 Å². The number of hydrogen-bond acceptors (Lipinski definition) is 3. The molecule has 0 N–H and O–H groups in total. The smallest absolute Gasteiger partial charge is 0.244 e. The first kappa shape index (κ1) is 19.4. The fourth-order valence-electron chi connectivity index (χ4n) is 4.06. The van der Waals surface area contributed by atoms with Crippen molar-refractivity contribution < 1.29 is 9.53 Å². The third-order valence-corrected chi connectivity index (χ3v) is 5.52. The van der Waals surface area contributed by atoms with Gasteiger partial charge in [-0.2, -0.15) is 0 Å². The molecule has 0 aromatic heterocycles. The predicted octanol–water partition coefficient (Wildman–Crippen LogP) is 3.88. The Morgan fingerprint density at radius 2 is 1.69 bits per heavy atom. The number of piperidine rings is 2. The van der Waals surface area contributed by atoms with E-state index >= 15 is 0 Å². The molecule has 2 heterocycles. The summed E-state index contributed by atoms with van der Waals surface area (Å²) in [5.41, 5.74) is 1.13. The summed E-state index contributed by atoms with van der Waals surface area (Å²) < 4.78 is 6.03. The maximum Gasteiger partial charge on any atom is 0.244 e. The molecule has 1 aromatic rings. The normalized spacial score (nSPS) is 21.1. The molecule has 1 amide bonds. The molecule has 0 spiro atoms. The molecule has 2 fully saturated rings. The molecule has 2 aliphatic heterocycles. The summed E-state index contributed by atoms with van der Waals surface area (Å²) in [5.74, 6) is 0.864. The second kappa shape index (κ2) is 9.52. The van der Waals surface area contributed by atoms with Crippen LogP contribution < -0.4 is 0 Å². The first-order valence-electron chi connectivity index (χ1n) is 10.3. The number of likely N-dealkylation sites (tertiary alicyclic amines) is 2. The first-order valence-corrected chi connectivity index (χ1v) is 10.3. The number of ether oxygens (including phenoxy) is 1. The highest BCUT2D eigenvalue weighted by Crippen LogP contribution is 2.28. The van der Waals surface area contributed by atoms with Crippen LogP contribution in [0.25, 0.3) is 0 Å². The Bertz CT molecular complexity index is 547. The van der Waals surface area contributed by atoms with Gasteiger partial charge in [-0.1, -0.05) is 44.2 Å². The fourth-order valence-corrected chi connectivity index (χ4v) is 4.06.